The van der Waals surface area contributed by atoms with Crippen LogP contribution in [0, 0.1) is 17.2 Å². The topological polar surface area (TPSA) is 85.7 Å². The summed E-state index contributed by atoms with van der Waals surface area (Å²) in [5.74, 6) is -1.21. The fourth-order valence-corrected chi connectivity index (χ4v) is 5.44. The Balaban J connectivity index is 1.89. The number of anilines is 1. The van der Waals surface area contributed by atoms with Crippen LogP contribution >= 0.6 is 11.8 Å². The molecule has 3 atom stereocenters. The number of rotatable bonds is 15. The molecule has 0 aromatic heterocycles. The molecule has 1 N–H and O–H groups in total. The summed E-state index contributed by atoms with van der Waals surface area (Å²) in [6.07, 6.45) is 8.13. The maximum atomic E-state index is 12.9. The lowest BCUT2D eigenvalue weighted by atomic mass is 10.1. The summed E-state index contributed by atoms with van der Waals surface area (Å²) in [7, 11) is 2.17. The number of nitrogens with zero attached hydrogens (tertiary/aromatic N) is 3. The van der Waals surface area contributed by atoms with Gasteiger partial charge in [-0.2, -0.15) is 5.26 Å². The average molecular weight is 501 g/mol. The summed E-state index contributed by atoms with van der Waals surface area (Å²) < 4.78 is 4.98. The van der Waals surface area contributed by atoms with Gasteiger partial charge in [-0.15, -0.1) is 11.8 Å². The van der Waals surface area contributed by atoms with Gasteiger partial charge in [-0.05, 0) is 83.1 Å². The van der Waals surface area contributed by atoms with E-state index in [1.807, 2.05) is 36.2 Å². The molecule has 1 fully saturated rings. The van der Waals surface area contributed by atoms with Crippen molar-refractivity contribution in [3.05, 3.63) is 42.1 Å². The Morgan fingerprint density at radius 1 is 1.34 bits per heavy atom. The van der Waals surface area contributed by atoms with Crippen molar-refractivity contribution in [2.24, 2.45) is 5.92 Å². The van der Waals surface area contributed by atoms with E-state index in [1.54, 1.807) is 18.7 Å². The van der Waals surface area contributed by atoms with E-state index in [-0.39, 0.29) is 23.1 Å². The van der Waals surface area contributed by atoms with E-state index in [0.717, 1.165) is 25.2 Å². The van der Waals surface area contributed by atoms with Crippen LogP contribution < -0.4 is 5.32 Å². The molecular formula is C27H40N4O3S. The monoisotopic (exact) mass is 500 g/mol. The van der Waals surface area contributed by atoms with Crippen molar-refractivity contribution in [3.8, 4) is 6.07 Å². The normalized spacial score (nSPS) is 18.7. The highest BCUT2D eigenvalue weighted by atomic mass is 32.2. The Morgan fingerprint density at radius 2 is 2.14 bits per heavy atom. The molecule has 1 heterocycles. The first-order valence-electron chi connectivity index (χ1n) is 12.7. The molecule has 8 heteroatoms. The highest BCUT2D eigenvalue weighted by molar-refractivity contribution is 8.01. The van der Waals surface area contributed by atoms with Crippen LogP contribution in [0.25, 0.3) is 0 Å². The molecule has 2 rings (SSSR count). The Labute approximate surface area is 214 Å². The first-order chi connectivity index (χ1) is 16.9. The van der Waals surface area contributed by atoms with Crippen LogP contribution in [0.2, 0.25) is 0 Å². The number of hydrogen-bond donors (Lipinski definition) is 1. The first kappa shape index (κ1) is 28.7. The third kappa shape index (κ3) is 9.23. The zero-order valence-corrected chi connectivity index (χ0v) is 22.4. The second-order valence-electron chi connectivity index (χ2n) is 8.76. The predicted octanol–water partition coefficient (Wildman–Crippen LogP) is 4.66. The molecule has 0 bridgehead atoms. The predicted molar refractivity (Wildman–Crippen MR) is 143 cm³/mol. The SMILES string of the molecule is CCCCN(C)CCc1cccc(NC=CC2SC(CCC(C#N)C(=O)OCC)N(CC)C2=O)c1. The molecule has 1 aliphatic heterocycles. The van der Waals surface area contributed by atoms with Crippen LogP contribution in [0.1, 0.15) is 52.0 Å². The van der Waals surface area contributed by atoms with Crippen molar-refractivity contribution < 1.29 is 14.3 Å². The minimum Gasteiger partial charge on any atom is -0.465 e. The maximum absolute atomic E-state index is 12.9. The summed E-state index contributed by atoms with van der Waals surface area (Å²) in [5.41, 5.74) is 2.28. The van der Waals surface area contributed by atoms with Gasteiger partial charge in [0, 0.05) is 18.8 Å². The molecule has 0 radical (unpaired) electrons. The van der Waals surface area contributed by atoms with Crippen LogP contribution in [-0.4, -0.2) is 65.6 Å². The number of likely N-dealkylation sites (N-methyl/N-ethyl adjacent to an activating group) is 1. The van der Waals surface area contributed by atoms with Gasteiger partial charge in [0.2, 0.25) is 5.91 Å². The fraction of sp³-hybridized carbons (Fsp3) is 0.593. The van der Waals surface area contributed by atoms with E-state index < -0.39 is 11.9 Å². The third-order valence-corrected chi connectivity index (χ3v) is 7.53. The van der Waals surface area contributed by atoms with Crippen molar-refractivity contribution in [3.63, 3.8) is 0 Å². The van der Waals surface area contributed by atoms with Gasteiger partial charge in [-0.1, -0.05) is 25.5 Å². The largest absolute Gasteiger partial charge is 0.465 e. The number of carbonyl (C=O) groups excluding carboxylic acids is 2. The molecule has 0 aliphatic carbocycles. The molecule has 0 saturated carbocycles. The summed E-state index contributed by atoms with van der Waals surface area (Å²) in [5, 5.41) is 12.3. The van der Waals surface area contributed by atoms with Gasteiger partial charge in [-0.25, -0.2) is 0 Å². The minimum atomic E-state index is -0.792. The smallest absolute Gasteiger partial charge is 0.323 e. The second kappa shape index (κ2) is 15.5. The molecule has 3 unspecified atom stereocenters. The zero-order chi connectivity index (χ0) is 25.6. The fourth-order valence-electron chi connectivity index (χ4n) is 4.01. The highest BCUT2D eigenvalue weighted by Crippen LogP contribution is 2.35. The van der Waals surface area contributed by atoms with E-state index in [4.69, 9.17) is 4.74 Å². The van der Waals surface area contributed by atoms with Crippen molar-refractivity contribution >= 4 is 29.3 Å². The Morgan fingerprint density at radius 3 is 2.83 bits per heavy atom. The van der Waals surface area contributed by atoms with Crippen LogP contribution in [0.3, 0.4) is 0 Å². The Hall–Kier alpha value is -2.50. The lowest BCUT2D eigenvalue weighted by molar-refractivity contribution is -0.146. The average Bonchev–Trinajstić information content (AvgIpc) is 3.16. The van der Waals surface area contributed by atoms with E-state index in [0.29, 0.717) is 19.4 Å². The van der Waals surface area contributed by atoms with Gasteiger partial charge < -0.3 is 19.9 Å². The number of benzene rings is 1. The van der Waals surface area contributed by atoms with Crippen molar-refractivity contribution in [2.75, 3.05) is 38.6 Å². The molecular weight excluding hydrogens is 460 g/mol. The van der Waals surface area contributed by atoms with Crippen LogP contribution in [0.4, 0.5) is 5.69 Å². The number of thioether (sulfide) groups is 1. The minimum absolute atomic E-state index is 0.0551. The Bertz CT molecular complexity index is 885. The summed E-state index contributed by atoms with van der Waals surface area (Å²) >= 11 is 1.57. The molecule has 1 aromatic rings. The van der Waals surface area contributed by atoms with Gasteiger partial charge in [0.15, 0.2) is 0 Å². The van der Waals surface area contributed by atoms with E-state index in [1.165, 1.54) is 18.4 Å². The number of unbranched alkanes of at least 4 members (excludes halogenated alkanes) is 1. The number of ether oxygens (including phenoxy) is 1. The molecule has 192 valence electrons. The van der Waals surface area contributed by atoms with Gasteiger partial charge in [0.1, 0.15) is 11.2 Å². The highest BCUT2D eigenvalue weighted by Gasteiger charge is 2.38. The van der Waals surface area contributed by atoms with Crippen molar-refractivity contribution in [2.45, 2.75) is 63.5 Å². The van der Waals surface area contributed by atoms with Crippen LogP contribution in [0.5, 0.6) is 0 Å². The molecule has 1 aromatic carbocycles. The molecule has 0 spiro atoms. The van der Waals surface area contributed by atoms with Crippen molar-refractivity contribution in [1.29, 1.82) is 5.26 Å². The molecule has 1 amide bonds. The summed E-state index contributed by atoms with van der Waals surface area (Å²) in [6, 6.07) is 10.4. The van der Waals surface area contributed by atoms with E-state index in [2.05, 4.69) is 42.4 Å². The van der Waals surface area contributed by atoms with Gasteiger partial charge >= 0.3 is 5.97 Å². The second-order valence-corrected chi connectivity index (χ2v) is 10.1. The maximum Gasteiger partial charge on any atom is 0.323 e. The summed E-state index contributed by atoms with van der Waals surface area (Å²) in [4.78, 5) is 29.0. The number of nitriles is 1. The quantitative estimate of drug-likeness (QED) is 0.351. The molecule has 1 saturated heterocycles. The number of hydrogen-bond acceptors (Lipinski definition) is 7. The zero-order valence-electron chi connectivity index (χ0n) is 21.5. The van der Waals surface area contributed by atoms with E-state index in [9.17, 15) is 14.9 Å². The number of amides is 1. The van der Waals surface area contributed by atoms with Crippen LogP contribution in [0.15, 0.2) is 36.5 Å². The van der Waals surface area contributed by atoms with Crippen molar-refractivity contribution in [1.82, 2.24) is 9.80 Å². The standard InChI is InChI=1S/C27H40N4O3S/c1-5-8-17-30(4)18-15-21-10-9-11-23(19-21)29-16-14-24-26(32)31(6-2)25(35-24)13-12-22(20-28)27(33)34-7-3/h9-11,14,16,19,22,24-25,29H,5-8,12-13,15,17-18H2,1-4H3. The molecule has 1 aliphatic rings. The number of esters is 1. The number of nitrogens with one attached hydrogen (secondary N) is 1. The summed E-state index contributed by atoms with van der Waals surface area (Å²) in [6.45, 7) is 8.90. The van der Waals surface area contributed by atoms with E-state index >= 15 is 0 Å². The van der Waals surface area contributed by atoms with Gasteiger partial charge in [0.25, 0.3) is 0 Å². The Kier molecular flexibility index (Phi) is 12.7. The third-order valence-electron chi connectivity index (χ3n) is 6.07. The molecule has 35 heavy (non-hydrogen) atoms. The lowest BCUT2D eigenvalue weighted by Gasteiger charge is -2.22. The van der Waals surface area contributed by atoms with Gasteiger partial charge in [-0.3, -0.25) is 9.59 Å². The first-order valence-corrected chi connectivity index (χ1v) is 13.6. The number of carbonyl (C=O) groups is 2. The lowest BCUT2D eigenvalue weighted by Crippen LogP contribution is -2.34. The van der Waals surface area contributed by atoms with Gasteiger partial charge in [0.05, 0.1) is 18.0 Å². The van der Waals surface area contributed by atoms with Crippen LogP contribution in [-0.2, 0) is 20.7 Å². The molecule has 7 nitrogen and oxygen atoms in total.